The Morgan fingerprint density at radius 1 is 1.59 bits per heavy atom. The number of carbonyl (C=O) groups is 2. The summed E-state index contributed by atoms with van der Waals surface area (Å²) < 4.78 is 12.0. The Hall–Kier alpha value is -1.17. The van der Waals surface area contributed by atoms with E-state index in [1.54, 1.807) is 6.92 Å². The average molecular weight is 257 g/mol. The van der Waals surface area contributed by atoms with Crippen molar-refractivity contribution in [3.05, 3.63) is 10.6 Å². The number of carboxylic acids is 1. The number of carbonyl (C=O) groups excluding carboxylic acids is 1. The fraction of sp³-hybridized carbons (Fsp3) is 0.636. The van der Waals surface area contributed by atoms with Gasteiger partial charge in [0, 0.05) is 17.6 Å². The van der Waals surface area contributed by atoms with Gasteiger partial charge in [0.2, 0.25) is 5.91 Å². The average Bonchev–Trinajstić information content (AvgIpc) is 2.41. The molecule has 2 atom stereocenters. The van der Waals surface area contributed by atoms with E-state index in [1.807, 2.05) is 13.8 Å². The van der Waals surface area contributed by atoms with Crippen molar-refractivity contribution in [1.29, 1.82) is 0 Å². The lowest BCUT2D eigenvalue weighted by molar-refractivity contribution is -0.149. The first-order chi connectivity index (χ1) is 7.82. The summed E-state index contributed by atoms with van der Waals surface area (Å²) in [4.78, 5) is 24.5. The van der Waals surface area contributed by atoms with Crippen molar-refractivity contribution < 1.29 is 18.9 Å². The van der Waals surface area contributed by atoms with Gasteiger partial charge in [-0.3, -0.25) is 9.00 Å². The third kappa shape index (κ3) is 1.46. The zero-order valence-corrected chi connectivity index (χ0v) is 10.8. The Labute approximate surface area is 102 Å². The Morgan fingerprint density at radius 3 is 2.59 bits per heavy atom. The molecule has 0 aromatic heterocycles. The summed E-state index contributed by atoms with van der Waals surface area (Å²) >= 11 is 0. The van der Waals surface area contributed by atoms with E-state index in [0.717, 1.165) is 0 Å². The lowest BCUT2D eigenvalue weighted by atomic mass is 9.80. The van der Waals surface area contributed by atoms with Crippen LogP contribution in [-0.2, 0) is 20.4 Å². The highest BCUT2D eigenvalue weighted by atomic mass is 32.2. The van der Waals surface area contributed by atoms with Crippen LogP contribution in [0.4, 0.5) is 0 Å². The van der Waals surface area contributed by atoms with Crippen molar-refractivity contribution >= 4 is 22.7 Å². The van der Waals surface area contributed by atoms with Crippen molar-refractivity contribution in [2.45, 2.75) is 33.2 Å². The first-order valence-electron chi connectivity index (χ1n) is 5.50. The zero-order chi connectivity index (χ0) is 13.0. The van der Waals surface area contributed by atoms with Gasteiger partial charge in [-0.05, 0) is 0 Å². The monoisotopic (exact) mass is 257 g/mol. The fourth-order valence-electron chi connectivity index (χ4n) is 2.59. The minimum atomic E-state index is -1.33. The van der Waals surface area contributed by atoms with E-state index in [1.165, 1.54) is 4.90 Å². The number of carboxylic acid groups (broad SMARTS) is 1. The highest BCUT2D eigenvalue weighted by Crippen LogP contribution is 2.51. The van der Waals surface area contributed by atoms with Crippen molar-refractivity contribution in [3.63, 3.8) is 0 Å². The van der Waals surface area contributed by atoms with Crippen LogP contribution < -0.4 is 0 Å². The molecular weight excluding hydrogens is 242 g/mol. The lowest BCUT2D eigenvalue weighted by Crippen LogP contribution is -2.54. The normalized spacial score (nSPS) is 27.8. The van der Waals surface area contributed by atoms with Crippen LogP contribution in [0, 0.1) is 5.41 Å². The van der Waals surface area contributed by atoms with Gasteiger partial charge >= 0.3 is 5.97 Å². The Morgan fingerprint density at radius 2 is 2.18 bits per heavy atom. The van der Waals surface area contributed by atoms with E-state index in [9.17, 15) is 18.9 Å². The van der Waals surface area contributed by atoms with Crippen LogP contribution in [0.2, 0.25) is 0 Å². The first-order valence-corrected chi connectivity index (χ1v) is 6.82. The van der Waals surface area contributed by atoms with E-state index in [-0.39, 0.29) is 17.6 Å². The highest BCUT2D eigenvalue weighted by molar-refractivity contribution is 7.89. The van der Waals surface area contributed by atoms with E-state index in [2.05, 4.69) is 0 Å². The van der Waals surface area contributed by atoms with Gasteiger partial charge in [0.1, 0.15) is 5.70 Å². The number of rotatable bonds is 3. The minimum Gasteiger partial charge on any atom is -0.477 e. The quantitative estimate of drug-likeness (QED) is 0.755. The molecule has 0 saturated carbocycles. The Bertz CT molecular complexity index is 466. The van der Waals surface area contributed by atoms with Gasteiger partial charge in [-0.25, -0.2) is 4.79 Å². The van der Waals surface area contributed by atoms with Gasteiger partial charge in [0.05, 0.1) is 21.7 Å². The molecule has 0 aromatic carbocycles. The standard InChI is InChI=1S/C11H15NO4S/c1-4-17(16)9-8(10(14)15)12-6(5-7(12)13)11(9,2)3/h6H,4-5H2,1-3H3,(H,14,15)/t6-,17?/m1/s1. The highest BCUT2D eigenvalue weighted by Gasteiger charge is 2.58. The molecule has 1 N–H and O–H groups in total. The molecular formula is C11H15NO4S. The van der Waals surface area contributed by atoms with Crippen LogP contribution in [0.25, 0.3) is 0 Å². The van der Waals surface area contributed by atoms with Crippen LogP contribution in [0.3, 0.4) is 0 Å². The third-order valence-corrected chi connectivity index (χ3v) is 5.21. The van der Waals surface area contributed by atoms with Crippen molar-refractivity contribution in [3.8, 4) is 0 Å². The predicted octanol–water partition coefficient (Wildman–Crippen LogP) is 0.692. The fourth-order valence-corrected chi connectivity index (χ4v) is 4.00. The second-order valence-corrected chi connectivity index (χ2v) is 6.50. The van der Waals surface area contributed by atoms with Crippen molar-refractivity contribution in [1.82, 2.24) is 4.90 Å². The van der Waals surface area contributed by atoms with E-state index >= 15 is 0 Å². The smallest absolute Gasteiger partial charge is 0.353 e. The Balaban J connectivity index is 2.59. The van der Waals surface area contributed by atoms with Crippen LogP contribution in [0.5, 0.6) is 0 Å². The topological polar surface area (TPSA) is 74.7 Å². The Kier molecular flexibility index (Phi) is 2.65. The molecule has 0 radical (unpaired) electrons. The minimum absolute atomic E-state index is 0.0589. The number of aliphatic carboxylic acids is 1. The van der Waals surface area contributed by atoms with E-state index in [0.29, 0.717) is 17.1 Å². The molecule has 0 aromatic rings. The summed E-state index contributed by atoms with van der Waals surface area (Å²) in [6.07, 6.45) is 0.341. The van der Waals surface area contributed by atoms with Gasteiger partial charge in [0.25, 0.3) is 0 Å². The molecule has 1 amide bonds. The molecule has 5 nitrogen and oxygen atoms in total. The molecule has 2 rings (SSSR count). The van der Waals surface area contributed by atoms with Gasteiger partial charge in [-0.1, -0.05) is 20.8 Å². The molecule has 17 heavy (non-hydrogen) atoms. The molecule has 2 heterocycles. The zero-order valence-electron chi connectivity index (χ0n) is 10.0. The molecule has 2 aliphatic rings. The number of amides is 1. The molecule has 1 saturated heterocycles. The number of β-lactam (4-membered cyclic amide) rings is 1. The summed E-state index contributed by atoms with van der Waals surface area (Å²) in [5.41, 5.74) is -0.570. The van der Waals surface area contributed by atoms with Crippen LogP contribution in [-0.4, -0.2) is 37.9 Å². The lowest BCUT2D eigenvalue weighted by Gasteiger charge is -2.41. The summed E-state index contributed by atoms with van der Waals surface area (Å²) in [6.45, 7) is 5.46. The predicted molar refractivity (Wildman–Crippen MR) is 62.4 cm³/mol. The largest absolute Gasteiger partial charge is 0.477 e. The van der Waals surface area contributed by atoms with Crippen molar-refractivity contribution in [2.75, 3.05) is 5.75 Å². The molecule has 1 unspecified atom stereocenters. The maximum absolute atomic E-state index is 12.0. The summed E-state index contributed by atoms with van der Waals surface area (Å²) in [5, 5.41) is 9.21. The number of hydrogen-bond acceptors (Lipinski definition) is 3. The molecule has 94 valence electrons. The van der Waals surface area contributed by atoms with Gasteiger partial charge in [-0.2, -0.15) is 0 Å². The van der Waals surface area contributed by atoms with Gasteiger partial charge in [-0.15, -0.1) is 0 Å². The van der Waals surface area contributed by atoms with Crippen LogP contribution >= 0.6 is 0 Å². The summed E-state index contributed by atoms with van der Waals surface area (Å²) in [7, 11) is -1.33. The maximum Gasteiger partial charge on any atom is 0.353 e. The maximum atomic E-state index is 12.0. The summed E-state index contributed by atoms with van der Waals surface area (Å²) in [6, 6.07) is -0.147. The van der Waals surface area contributed by atoms with E-state index in [4.69, 9.17) is 0 Å². The third-order valence-electron chi connectivity index (χ3n) is 3.52. The van der Waals surface area contributed by atoms with E-state index < -0.39 is 22.2 Å². The van der Waals surface area contributed by atoms with Crippen molar-refractivity contribution in [2.24, 2.45) is 5.41 Å². The molecule has 1 fully saturated rings. The molecule has 0 spiro atoms. The molecule has 0 aliphatic carbocycles. The SMILES string of the molecule is CCS(=O)C1=C(C(=O)O)N2C(=O)C[C@@H]2C1(C)C. The molecule has 2 aliphatic heterocycles. The van der Waals surface area contributed by atoms with Crippen LogP contribution in [0.15, 0.2) is 10.6 Å². The second-order valence-electron chi connectivity index (χ2n) is 4.82. The van der Waals surface area contributed by atoms with Crippen LogP contribution in [0.1, 0.15) is 27.2 Å². The number of hydrogen-bond donors (Lipinski definition) is 1. The van der Waals surface area contributed by atoms with Gasteiger partial charge < -0.3 is 10.0 Å². The first kappa shape index (κ1) is 12.3. The second kappa shape index (κ2) is 3.66. The van der Waals surface area contributed by atoms with Gasteiger partial charge in [0.15, 0.2) is 0 Å². The number of nitrogens with zero attached hydrogens (tertiary/aromatic N) is 1. The molecule has 6 heteroatoms. The number of fused-ring (bicyclic) bond motifs is 1. The molecule has 0 bridgehead atoms. The summed E-state index contributed by atoms with van der Waals surface area (Å²) in [5.74, 6) is -0.987.